The minimum atomic E-state index is -0.221. The maximum absolute atomic E-state index is 12.9. The van der Waals surface area contributed by atoms with Gasteiger partial charge in [-0.05, 0) is 12.1 Å². The molecule has 114 valence electrons. The monoisotopic (exact) mass is 324 g/mol. The summed E-state index contributed by atoms with van der Waals surface area (Å²) in [6, 6.07) is 12.9. The molecule has 0 aliphatic rings. The van der Waals surface area contributed by atoms with Gasteiger partial charge in [0.2, 0.25) is 11.2 Å². The normalized spacial score (nSPS) is 11.2. The smallest absolute Gasteiger partial charge is 0.236 e. The van der Waals surface area contributed by atoms with Crippen LogP contribution in [0.2, 0.25) is 0 Å². The molecule has 23 heavy (non-hydrogen) atoms. The maximum Gasteiger partial charge on any atom is 0.236 e. The molecule has 2 aromatic carbocycles. The van der Waals surface area contributed by atoms with Gasteiger partial charge in [0, 0.05) is 5.56 Å². The first-order chi connectivity index (χ1) is 11.2. The molecule has 2 heterocycles. The van der Waals surface area contributed by atoms with E-state index in [1.54, 1.807) is 12.1 Å². The lowest BCUT2D eigenvalue weighted by molar-refractivity contribution is 0.399. The van der Waals surface area contributed by atoms with Crippen LogP contribution in [0.3, 0.4) is 0 Å². The van der Waals surface area contributed by atoms with Gasteiger partial charge in [0.1, 0.15) is 5.58 Å². The van der Waals surface area contributed by atoms with Crippen molar-refractivity contribution in [2.75, 3.05) is 12.8 Å². The van der Waals surface area contributed by atoms with Crippen LogP contribution < -0.4 is 15.9 Å². The standard InChI is InChI=1S/C17H12N2O3S/c1-21-15-13(20)12-11(8-7-10-16(12)23-17(18)19-10)22-14(15)9-5-3-2-4-6-9/h2-8H,1H3,(H2,18,19). The van der Waals surface area contributed by atoms with Crippen molar-refractivity contribution in [2.45, 2.75) is 0 Å². The molecule has 0 unspecified atom stereocenters. The van der Waals surface area contributed by atoms with Crippen LogP contribution in [0, 0.1) is 0 Å². The molecule has 0 aliphatic carbocycles. The first-order valence-electron chi connectivity index (χ1n) is 6.94. The molecule has 0 spiro atoms. The number of hydrogen-bond donors (Lipinski definition) is 1. The van der Waals surface area contributed by atoms with E-state index in [-0.39, 0.29) is 11.2 Å². The number of anilines is 1. The Morgan fingerprint density at radius 1 is 1.17 bits per heavy atom. The van der Waals surface area contributed by atoms with E-state index in [4.69, 9.17) is 14.9 Å². The summed E-state index contributed by atoms with van der Waals surface area (Å²) >= 11 is 1.27. The first-order valence-corrected chi connectivity index (χ1v) is 7.76. The minimum Gasteiger partial charge on any atom is -0.490 e. The van der Waals surface area contributed by atoms with E-state index < -0.39 is 0 Å². The summed E-state index contributed by atoms with van der Waals surface area (Å²) in [5.74, 6) is 0.602. The van der Waals surface area contributed by atoms with Crippen LogP contribution in [0.1, 0.15) is 0 Å². The summed E-state index contributed by atoms with van der Waals surface area (Å²) in [5.41, 5.74) is 7.50. The average molecular weight is 324 g/mol. The minimum absolute atomic E-state index is 0.183. The van der Waals surface area contributed by atoms with Gasteiger partial charge in [-0.2, -0.15) is 0 Å². The second-order valence-corrected chi connectivity index (χ2v) is 6.03. The van der Waals surface area contributed by atoms with Crippen molar-refractivity contribution in [3.8, 4) is 17.1 Å². The van der Waals surface area contributed by atoms with E-state index in [0.29, 0.717) is 32.1 Å². The Labute approximate surface area is 134 Å². The Balaban J connectivity index is 2.15. The number of nitrogens with two attached hydrogens (primary N) is 1. The summed E-state index contributed by atoms with van der Waals surface area (Å²) in [4.78, 5) is 17.1. The van der Waals surface area contributed by atoms with E-state index in [2.05, 4.69) is 4.98 Å². The molecule has 0 saturated heterocycles. The number of nitrogens with zero attached hydrogens (tertiary/aromatic N) is 1. The maximum atomic E-state index is 12.9. The van der Waals surface area contributed by atoms with Gasteiger partial charge in [-0.1, -0.05) is 41.7 Å². The Kier molecular flexibility index (Phi) is 3.06. The van der Waals surface area contributed by atoms with Crippen LogP contribution in [-0.4, -0.2) is 12.1 Å². The van der Waals surface area contributed by atoms with Gasteiger partial charge in [0.05, 0.1) is 22.7 Å². The molecular formula is C17H12N2O3S. The topological polar surface area (TPSA) is 78.3 Å². The van der Waals surface area contributed by atoms with Gasteiger partial charge in [0.15, 0.2) is 10.9 Å². The fraction of sp³-hybridized carbons (Fsp3) is 0.0588. The van der Waals surface area contributed by atoms with Gasteiger partial charge in [-0.3, -0.25) is 4.79 Å². The quantitative estimate of drug-likeness (QED) is 0.609. The van der Waals surface area contributed by atoms with E-state index in [0.717, 1.165) is 5.56 Å². The molecule has 6 heteroatoms. The largest absolute Gasteiger partial charge is 0.490 e. The SMILES string of the molecule is COc1c(-c2ccccc2)oc2ccc3nc(N)sc3c2c1=O. The van der Waals surface area contributed by atoms with Crippen LogP contribution in [-0.2, 0) is 0 Å². The highest BCUT2D eigenvalue weighted by atomic mass is 32.1. The van der Waals surface area contributed by atoms with Gasteiger partial charge < -0.3 is 14.9 Å². The summed E-state index contributed by atoms with van der Waals surface area (Å²) in [6.45, 7) is 0. The number of rotatable bonds is 2. The lowest BCUT2D eigenvalue weighted by atomic mass is 10.1. The number of fused-ring (bicyclic) bond motifs is 3. The first kappa shape index (κ1) is 13.8. The highest BCUT2D eigenvalue weighted by Gasteiger charge is 2.19. The van der Waals surface area contributed by atoms with Crippen LogP contribution in [0.15, 0.2) is 51.7 Å². The predicted molar refractivity (Wildman–Crippen MR) is 92.1 cm³/mol. The zero-order valence-corrected chi connectivity index (χ0v) is 13.0. The van der Waals surface area contributed by atoms with Crippen molar-refractivity contribution in [3.63, 3.8) is 0 Å². The number of thiazole rings is 1. The predicted octanol–water partition coefficient (Wildman–Crippen LogP) is 3.66. The van der Waals surface area contributed by atoms with Crippen molar-refractivity contribution in [2.24, 2.45) is 0 Å². The molecule has 4 rings (SSSR count). The molecule has 0 amide bonds. The number of aromatic nitrogens is 1. The molecule has 2 aromatic heterocycles. The number of nitrogen functional groups attached to an aromatic ring is 1. The number of methoxy groups -OCH3 is 1. The summed E-state index contributed by atoms with van der Waals surface area (Å²) in [6.07, 6.45) is 0. The van der Waals surface area contributed by atoms with Crippen molar-refractivity contribution in [1.82, 2.24) is 4.98 Å². The van der Waals surface area contributed by atoms with Gasteiger partial charge in [-0.25, -0.2) is 4.98 Å². The van der Waals surface area contributed by atoms with Crippen molar-refractivity contribution < 1.29 is 9.15 Å². The third-order valence-corrected chi connectivity index (χ3v) is 4.55. The number of ether oxygens (including phenoxy) is 1. The Hall–Kier alpha value is -2.86. The van der Waals surface area contributed by atoms with Crippen LogP contribution in [0.4, 0.5) is 5.13 Å². The second kappa shape index (κ2) is 5.10. The summed E-state index contributed by atoms with van der Waals surface area (Å²) in [5, 5.41) is 0.867. The van der Waals surface area contributed by atoms with Crippen LogP contribution >= 0.6 is 11.3 Å². The Morgan fingerprint density at radius 3 is 2.70 bits per heavy atom. The number of benzene rings is 2. The van der Waals surface area contributed by atoms with Crippen molar-refractivity contribution >= 4 is 37.7 Å². The molecule has 0 atom stereocenters. The third-order valence-electron chi connectivity index (χ3n) is 3.63. The molecule has 0 aliphatic heterocycles. The second-order valence-electron chi connectivity index (χ2n) is 5.00. The van der Waals surface area contributed by atoms with Gasteiger partial charge in [-0.15, -0.1) is 0 Å². The highest BCUT2D eigenvalue weighted by Crippen LogP contribution is 2.35. The molecule has 5 nitrogen and oxygen atoms in total. The molecular weight excluding hydrogens is 312 g/mol. The lowest BCUT2D eigenvalue weighted by Crippen LogP contribution is -2.07. The molecule has 0 fully saturated rings. The zero-order chi connectivity index (χ0) is 16.0. The van der Waals surface area contributed by atoms with E-state index >= 15 is 0 Å². The van der Waals surface area contributed by atoms with Crippen LogP contribution in [0.25, 0.3) is 32.5 Å². The van der Waals surface area contributed by atoms with Gasteiger partial charge >= 0.3 is 0 Å². The van der Waals surface area contributed by atoms with E-state index in [1.165, 1.54) is 18.4 Å². The van der Waals surface area contributed by atoms with Crippen molar-refractivity contribution in [1.29, 1.82) is 0 Å². The van der Waals surface area contributed by atoms with E-state index in [1.807, 2.05) is 30.3 Å². The molecule has 0 bridgehead atoms. The fourth-order valence-corrected chi connectivity index (χ4v) is 3.50. The van der Waals surface area contributed by atoms with Crippen LogP contribution in [0.5, 0.6) is 5.75 Å². The van der Waals surface area contributed by atoms with E-state index in [9.17, 15) is 4.79 Å². The molecule has 0 radical (unpaired) electrons. The zero-order valence-electron chi connectivity index (χ0n) is 12.2. The molecule has 0 saturated carbocycles. The highest BCUT2D eigenvalue weighted by molar-refractivity contribution is 7.23. The average Bonchev–Trinajstić information content (AvgIpc) is 2.95. The molecule has 4 aromatic rings. The Morgan fingerprint density at radius 2 is 1.96 bits per heavy atom. The number of hydrogen-bond acceptors (Lipinski definition) is 6. The summed E-state index contributed by atoms with van der Waals surface area (Å²) < 4.78 is 12.0. The summed E-state index contributed by atoms with van der Waals surface area (Å²) in [7, 11) is 1.46. The fourth-order valence-electron chi connectivity index (χ4n) is 2.63. The third kappa shape index (κ3) is 2.07. The Bertz CT molecular complexity index is 1080. The molecule has 2 N–H and O–H groups in total. The lowest BCUT2D eigenvalue weighted by Gasteiger charge is -2.09. The van der Waals surface area contributed by atoms with Gasteiger partial charge in [0.25, 0.3) is 0 Å². The van der Waals surface area contributed by atoms with Crippen molar-refractivity contribution in [3.05, 3.63) is 52.7 Å².